The molecule has 0 atom stereocenters. The third-order valence-electron chi connectivity index (χ3n) is 5.43. The molecule has 0 unspecified atom stereocenters. The first kappa shape index (κ1) is 20.5. The number of fused-ring (bicyclic) bond motifs is 1. The molecule has 0 radical (unpaired) electrons. The van der Waals surface area contributed by atoms with E-state index in [9.17, 15) is 4.79 Å². The van der Waals surface area contributed by atoms with E-state index in [1.165, 1.54) is 0 Å². The lowest BCUT2D eigenvalue weighted by Crippen LogP contribution is -2.22. The lowest BCUT2D eigenvalue weighted by Gasteiger charge is -2.14. The summed E-state index contributed by atoms with van der Waals surface area (Å²) < 4.78 is 1.58. The molecule has 0 spiro atoms. The van der Waals surface area contributed by atoms with Crippen molar-refractivity contribution in [1.29, 1.82) is 0 Å². The maximum absolute atomic E-state index is 13.4. The fourth-order valence-corrected chi connectivity index (χ4v) is 3.51. The van der Waals surface area contributed by atoms with Crippen LogP contribution in [0.4, 0.5) is 17.2 Å². The van der Waals surface area contributed by atoms with E-state index >= 15 is 0 Å². The molecule has 0 saturated heterocycles. The number of pyridine rings is 1. The number of hydrogen-bond acceptors (Lipinski definition) is 4. The maximum Gasteiger partial charge on any atom is 0.268 e. The van der Waals surface area contributed by atoms with E-state index in [0.717, 1.165) is 39.2 Å². The highest BCUT2D eigenvalue weighted by Crippen LogP contribution is 2.24. The monoisotopic (exact) mass is 410 g/mol. The Morgan fingerprint density at radius 2 is 1.61 bits per heavy atom. The summed E-state index contributed by atoms with van der Waals surface area (Å²) in [5.74, 6) is 0.502. The Bertz CT molecular complexity index is 1380. The summed E-state index contributed by atoms with van der Waals surface area (Å²) in [6, 6.07) is 16.1. The number of anilines is 2. The molecule has 0 saturated carbocycles. The molecule has 5 nitrogen and oxygen atoms in total. The number of hydrogen-bond donors (Lipinski definition) is 1. The Morgan fingerprint density at radius 1 is 0.903 bits per heavy atom. The number of nitrogens with one attached hydrogen (secondary N) is 1. The minimum absolute atomic E-state index is 0.157. The molecule has 0 aliphatic rings. The standard InChI is InChI=1S/C26H26N4O/c1-16-8-10-18(3)22(13-16)27-15-21-24(28-23-14-17(2)9-11-19(23)4)29-25-20(5)7-6-12-30(25)26(21)31/h6-15,28H,1-5H3. The Balaban J connectivity index is 1.91. The first-order chi connectivity index (χ1) is 14.8. The second-order valence-electron chi connectivity index (χ2n) is 8.06. The Morgan fingerprint density at radius 3 is 2.39 bits per heavy atom. The van der Waals surface area contributed by atoms with Crippen LogP contribution in [0, 0.1) is 34.6 Å². The van der Waals surface area contributed by atoms with Crippen molar-refractivity contribution in [3.8, 4) is 0 Å². The topological polar surface area (TPSA) is 58.8 Å². The zero-order valence-electron chi connectivity index (χ0n) is 18.5. The highest BCUT2D eigenvalue weighted by molar-refractivity contribution is 5.90. The van der Waals surface area contributed by atoms with E-state index in [1.807, 2.05) is 58.9 Å². The van der Waals surface area contributed by atoms with E-state index in [4.69, 9.17) is 4.98 Å². The average Bonchev–Trinajstić information content (AvgIpc) is 2.73. The summed E-state index contributed by atoms with van der Waals surface area (Å²) >= 11 is 0. The fraction of sp³-hybridized carbons (Fsp3) is 0.192. The van der Waals surface area contributed by atoms with Crippen LogP contribution in [0.2, 0.25) is 0 Å². The van der Waals surface area contributed by atoms with Crippen LogP contribution in [0.1, 0.15) is 33.4 Å². The lowest BCUT2D eigenvalue weighted by molar-refractivity contribution is 1.03. The molecule has 0 aliphatic heterocycles. The summed E-state index contributed by atoms with van der Waals surface area (Å²) in [7, 11) is 0. The molecule has 4 rings (SSSR count). The molecule has 2 aromatic heterocycles. The highest BCUT2D eigenvalue weighted by Gasteiger charge is 2.14. The first-order valence-electron chi connectivity index (χ1n) is 10.3. The van der Waals surface area contributed by atoms with E-state index < -0.39 is 0 Å². The lowest BCUT2D eigenvalue weighted by atomic mass is 10.1. The molecule has 5 heteroatoms. The molecule has 4 aromatic rings. The van der Waals surface area contributed by atoms with Crippen LogP contribution in [-0.4, -0.2) is 15.6 Å². The van der Waals surface area contributed by atoms with Crippen LogP contribution >= 0.6 is 0 Å². The zero-order chi connectivity index (χ0) is 22.1. The van der Waals surface area contributed by atoms with Gasteiger partial charge in [0, 0.05) is 18.1 Å². The van der Waals surface area contributed by atoms with Crippen LogP contribution < -0.4 is 10.9 Å². The predicted octanol–water partition coefficient (Wildman–Crippen LogP) is 5.73. The van der Waals surface area contributed by atoms with Crippen LogP contribution in [0.25, 0.3) is 5.65 Å². The van der Waals surface area contributed by atoms with Gasteiger partial charge in [-0.3, -0.25) is 14.2 Å². The van der Waals surface area contributed by atoms with Crippen molar-refractivity contribution < 1.29 is 0 Å². The van der Waals surface area contributed by atoms with E-state index in [0.29, 0.717) is 17.0 Å². The molecule has 0 aliphatic carbocycles. The average molecular weight is 411 g/mol. The molecule has 0 bridgehead atoms. The van der Waals surface area contributed by atoms with Crippen LogP contribution in [0.5, 0.6) is 0 Å². The quantitative estimate of drug-likeness (QED) is 0.437. The third kappa shape index (κ3) is 4.12. The SMILES string of the molecule is Cc1ccc(C)c(N=Cc2c(Nc3cc(C)ccc3C)nc3c(C)cccn3c2=O)c1. The van der Waals surface area contributed by atoms with Crippen LogP contribution in [-0.2, 0) is 0 Å². The van der Waals surface area contributed by atoms with Gasteiger partial charge in [-0.1, -0.05) is 30.3 Å². The Labute approximate surface area is 182 Å². The second kappa shape index (κ2) is 8.19. The van der Waals surface area contributed by atoms with Gasteiger partial charge in [-0.2, -0.15) is 0 Å². The largest absolute Gasteiger partial charge is 0.339 e. The van der Waals surface area contributed by atoms with Gasteiger partial charge in [0.25, 0.3) is 5.56 Å². The summed E-state index contributed by atoms with van der Waals surface area (Å²) in [6.45, 7) is 10.1. The van der Waals surface area contributed by atoms with Crippen molar-refractivity contribution >= 4 is 29.1 Å². The molecule has 156 valence electrons. The molecule has 2 aromatic carbocycles. The number of benzene rings is 2. The number of rotatable bonds is 4. The Kier molecular flexibility index (Phi) is 5.42. The molecule has 1 N–H and O–H groups in total. The summed E-state index contributed by atoms with van der Waals surface area (Å²) in [6.07, 6.45) is 3.37. The molecule has 2 heterocycles. The van der Waals surface area contributed by atoms with Crippen molar-refractivity contribution in [3.63, 3.8) is 0 Å². The van der Waals surface area contributed by atoms with Gasteiger partial charge in [0.2, 0.25) is 0 Å². The molecule has 31 heavy (non-hydrogen) atoms. The molecule has 0 amide bonds. The molecule has 0 fully saturated rings. The van der Waals surface area contributed by atoms with Crippen molar-refractivity contribution in [3.05, 3.63) is 98.5 Å². The van der Waals surface area contributed by atoms with Gasteiger partial charge in [-0.25, -0.2) is 4.98 Å². The van der Waals surface area contributed by atoms with Crippen molar-refractivity contribution in [2.24, 2.45) is 4.99 Å². The molecular weight excluding hydrogens is 384 g/mol. The highest BCUT2D eigenvalue weighted by atomic mass is 16.1. The minimum atomic E-state index is -0.157. The van der Waals surface area contributed by atoms with Gasteiger partial charge < -0.3 is 5.32 Å². The summed E-state index contributed by atoms with van der Waals surface area (Å²) in [5, 5.41) is 3.39. The van der Waals surface area contributed by atoms with Gasteiger partial charge in [0.05, 0.1) is 5.69 Å². The maximum atomic E-state index is 13.4. The number of aromatic nitrogens is 2. The minimum Gasteiger partial charge on any atom is -0.339 e. The second-order valence-corrected chi connectivity index (χ2v) is 8.06. The predicted molar refractivity (Wildman–Crippen MR) is 129 cm³/mol. The van der Waals surface area contributed by atoms with Crippen molar-refractivity contribution in [2.75, 3.05) is 5.32 Å². The van der Waals surface area contributed by atoms with Gasteiger partial charge in [0.1, 0.15) is 17.0 Å². The zero-order valence-corrected chi connectivity index (χ0v) is 18.5. The van der Waals surface area contributed by atoms with Crippen molar-refractivity contribution in [1.82, 2.24) is 9.38 Å². The third-order valence-corrected chi connectivity index (χ3v) is 5.43. The van der Waals surface area contributed by atoms with Gasteiger partial charge >= 0.3 is 0 Å². The number of aliphatic imine (C=N–C) groups is 1. The van der Waals surface area contributed by atoms with Gasteiger partial charge in [0.15, 0.2) is 0 Å². The van der Waals surface area contributed by atoms with E-state index in [2.05, 4.69) is 34.6 Å². The number of nitrogens with zero attached hydrogens (tertiary/aromatic N) is 3. The van der Waals surface area contributed by atoms with E-state index in [1.54, 1.807) is 16.8 Å². The van der Waals surface area contributed by atoms with Gasteiger partial charge in [-0.15, -0.1) is 0 Å². The first-order valence-corrected chi connectivity index (χ1v) is 10.3. The van der Waals surface area contributed by atoms with Crippen molar-refractivity contribution in [2.45, 2.75) is 34.6 Å². The Hall–Kier alpha value is -3.73. The van der Waals surface area contributed by atoms with E-state index in [-0.39, 0.29) is 5.56 Å². The smallest absolute Gasteiger partial charge is 0.268 e. The van der Waals surface area contributed by atoms with Crippen LogP contribution in [0.3, 0.4) is 0 Å². The molecular formula is C26H26N4O. The van der Waals surface area contributed by atoms with Gasteiger partial charge in [-0.05, 0) is 80.6 Å². The normalized spacial score (nSPS) is 11.4. The summed E-state index contributed by atoms with van der Waals surface area (Å²) in [4.78, 5) is 22.9. The fourth-order valence-electron chi connectivity index (χ4n) is 3.51. The number of aryl methyl sites for hydroxylation is 5. The van der Waals surface area contributed by atoms with Crippen LogP contribution in [0.15, 0.2) is 64.5 Å². The summed E-state index contributed by atoms with van der Waals surface area (Å²) in [5.41, 5.74) is 7.97.